The van der Waals surface area contributed by atoms with Gasteiger partial charge < -0.3 is 10.2 Å². The molecule has 1 fully saturated rings. The van der Waals surface area contributed by atoms with Gasteiger partial charge in [0.15, 0.2) is 0 Å². The second kappa shape index (κ2) is 5.27. The highest BCUT2D eigenvalue weighted by Crippen LogP contribution is 2.36. The van der Waals surface area contributed by atoms with Gasteiger partial charge in [0.05, 0.1) is 0 Å². The highest BCUT2D eigenvalue weighted by atomic mass is 19.1. The van der Waals surface area contributed by atoms with E-state index in [0.717, 1.165) is 24.3 Å². The van der Waals surface area contributed by atoms with E-state index < -0.39 is 0 Å². The third-order valence-electron chi connectivity index (χ3n) is 3.84. The quantitative estimate of drug-likeness (QED) is 0.882. The summed E-state index contributed by atoms with van der Waals surface area (Å²) in [6, 6.07) is 5.41. The molecule has 100 valence electrons. The smallest absolute Gasteiger partial charge is 0.129 e. The molecule has 0 spiro atoms. The zero-order valence-corrected chi connectivity index (χ0v) is 11.6. The molecule has 1 heterocycles. The second-order valence-corrected chi connectivity index (χ2v) is 5.59. The Morgan fingerprint density at radius 1 is 1.39 bits per heavy atom. The van der Waals surface area contributed by atoms with E-state index in [1.54, 1.807) is 6.07 Å². The molecule has 0 unspecified atom stereocenters. The van der Waals surface area contributed by atoms with Crippen molar-refractivity contribution in [2.45, 2.75) is 45.7 Å². The minimum Gasteiger partial charge on any atom is -0.366 e. The summed E-state index contributed by atoms with van der Waals surface area (Å²) in [5.41, 5.74) is 1.99. The van der Waals surface area contributed by atoms with Crippen LogP contribution < -0.4 is 10.2 Å². The maximum Gasteiger partial charge on any atom is 0.129 e. The van der Waals surface area contributed by atoms with Crippen LogP contribution in [0.3, 0.4) is 0 Å². The van der Waals surface area contributed by atoms with Crippen molar-refractivity contribution in [3.8, 4) is 0 Å². The molecular formula is C15H23FN2. The van der Waals surface area contributed by atoms with E-state index >= 15 is 0 Å². The molecule has 1 N–H and O–H groups in total. The lowest BCUT2D eigenvalue weighted by Crippen LogP contribution is -2.39. The van der Waals surface area contributed by atoms with Crippen molar-refractivity contribution in [3.05, 3.63) is 29.6 Å². The number of benzene rings is 1. The minimum atomic E-state index is -0.101. The minimum absolute atomic E-state index is 0.101. The molecule has 0 aliphatic carbocycles. The fraction of sp³-hybridized carbons (Fsp3) is 0.600. The van der Waals surface area contributed by atoms with Crippen molar-refractivity contribution in [3.63, 3.8) is 0 Å². The lowest BCUT2D eigenvalue weighted by molar-refractivity contribution is 0.512. The molecule has 18 heavy (non-hydrogen) atoms. The Bertz CT molecular complexity index is 415. The average molecular weight is 250 g/mol. The Morgan fingerprint density at radius 2 is 2.17 bits per heavy atom. The van der Waals surface area contributed by atoms with Crippen LogP contribution in [0, 0.1) is 5.82 Å². The molecule has 1 aromatic carbocycles. The number of halogens is 1. The van der Waals surface area contributed by atoms with E-state index in [1.807, 2.05) is 19.1 Å². The molecule has 0 atom stereocenters. The monoisotopic (exact) mass is 250 g/mol. The van der Waals surface area contributed by atoms with Crippen LogP contribution in [0.15, 0.2) is 18.2 Å². The zero-order chi connectivity index (χ0) is 13.2. The highest BCUT2D eigenvalue weighted by molar-refractivity contribution is 5.57. The number of nitrogens with one attached hydrogen (secondary N) is 1. The maximum atomic E-state index is 14.0. The van der Waals surface area contributed by atoms with Gasteiger partial charge >= 0.3 is 0 Å². The van der Waals surface area contributed by atoms with Crippen LogP contribution in [0.2, 0.25) is 0 Å². The van der Waals surface area contributed by atoms with Gasteiger partial charge in [-0.15, -0.1) is 0 Å². The number of hydrogen-bond donors (Lipinski definition) is 1. The van der Waals surface area contributed by atoms with Crippen molar-refractivity contribution in [1.29, 1.82) is 0 Å². The van der Waals surface area contributed by atoms with E-state index in [2.05, 4.69) is 24.1 Å². The van der Waals surface area contributed by atoms with E-state index in [0.29, 0.717) is 6.54 Å². The second-order valence-electron chi connectivity index (χ2n) is 5.59. The Hall–Kier alpha value is -1.09. The summed E-state index contributed by atoms with van der Waals surface area (Å²) >= 11 is 0. The zero-order valence-electron chi connectivity index (χ0n) is 11.6. The van der Waals surface area contributed by atoms with Crippen LogP contribution in [0.5, 0.6) is 0 Å². The fourth-order valence-corrected chi connectivity index (χ4v) is 2.78. The number of hydrogen-bond acceptors (Lipinski definition) is 2. The van der Waals surface area contributed by atoms with Gasteiger partial charge in [-0.3, -0.25) is 0 Å². The van der Waals surface area contributed by atoms with Gasteiger partial charge in [-0.25, -0.2) is 4.39 Å². The fourth-order valence-electron chi connectivity index (χ4n) is 2.78. The maximum absolute atomic E-state index is 14.0. The van der Waals surface area contributed by atoms with Crippen molar-refractivity contribution in [1.82, 2.24) is 5.32 Å². The predicted molar refractivity (Wildman–Crippen MR) is 74.4 cm³/mol. The first kappa shape index (κ1) is 13.3. The van der Waals surface area contributed by atoms with Crippen LogP contribution in [-0.2, 0) is 6.54 Å². The van der Waals surface area contributed by atoms with Gasteiger partial charge in [0.25, 0.3) is 0 Å². The molecule has 1 saturated heterocycles. The Labute approximate surface area is 109 Å². The normalized spacial score (nSPS) is 18.3. The van der Waals surface area contributed by atoms with Crippen LogP contribution in [0.1, 0.15) is 39.2 Å². The summed E-state index contributed by atoms with van der Waals surface area (Å²) in [5, 5.41) is 3.23. The van der Waals surface area contributed by atoms with E-state index in [1.165, 1.54) is 12.8 Å². The van der Waals surface area contributed by atoms with Crippen molar-refractivity contribution in [2.75, 3.05) is 18.0 Å². The standard InChI is InChI=1S/C15H23FN2/c1-4-17-11-12-13(16)7-5-8-14(12)18-10-6-9-15(18,2)3/h5,7-8,17H,4,6,9-11H2,1-3H3. The summed E-state index contributed by atoms with van der Waals surface area (Å²) in [4.78, 5) is 2.35. The molecule has 1 aliphatic rings. The average Bonchev–Trinajstić information content (AvgIpc) is 2.67. The summed E-state index contributed by atoms with van der Waals surface area (Å²) in [6.45, 7) is 9.00. The summed E-state index contributed by atoms with van der Waals surface area (Å²) in [5.74, 6) is -0.101. The lowest BCUT2D eigenvalue weighted by Gasteiger charge is -2.35. The first-order valence-electron chi connectivity index (χ1n) is 6.82. The SMILES string of the molecule is CCNCc1c(F)cccc1N1CCCC1(C)C. The first-order valence-corrected chi connectivity index (χ1v) is 6.82. The lowest BCUT2D eigenvalue weighted by atomic mass is 10.0. The van der Waals surface area contributed by atoms with Gasteiger partial charge in [0.2, 0.25) is 0 Å². The molecule has 1 aliphatic heterocycles. The molecule has 0 amide bonds. The molecule has 3 heteroatoms. The number of nitrogens with zero attached hydrogens (tertiary/aromatic N) is 1. The molecular weight excluding hydrogens is 227 g/mol. The molecule has 1 aromatic rings. The molecule has 2 rings (SSSR count). The Kier molecular flexibility index (Phi) is 3.91. The molecule has 0 bridgehead atoms. The summed E-state index contributed by atoms with van der Waals surface area (Å²) < 4.78 is 14.0. The Balaban J connectivity index is 2.34. The van der Waals surface area contributed by atoms with Crippen molar-refractivity contribution in [2.24, 2.45) is 0 Å². The van der Waals surface area contributed by atoms with Crippen LogP contribution in [-0.4, -0.2) is 18.6 Å². The molecule has 0 radical (unpaired) electrons. The third kappa shape index (κ3) is 2.51. The van der Waals surface area contributed by atoms with Crippen LogP contribution >= 0.6 is 0 Å². The van der Waals surface area contributed by atoms with Gasteiger partial charge in [-0.1, -0.05) is 13.0 Å². The first-order chi connectivity index (χ1) is 8.56. The molecule has 2 nitrogen and oxygen atoms in total. The highest BCUT2D eigenvalue weighted by Gasteiger charge is 2.33. The van der Waals surface area contributed by atoms with E-state index in [4.69, 9.17) is 0 Å². The third-order valence-corrected chi connectivity index (χ3v) is 3.84. The van der Waals surface area contributed by atoms with Crippen molar-refractivity contribution < 1.29 is 4.39 Å². The van der Waals surface area contributed by atoms with Gasteiger partial charge in [0, 0.05) is 29.9 Å². The topological polar surface area (TPSA) is 15.3 Å². The van der Waals surface area contributed by atoms with E-state index in [-0.39, 0.29) is 11.4 Å². The summed E-state index contributed by atoms with van der Waals surface area (Å²) in [6.07, 6.45) is 2.36. The van der Waals surface area contributed by atoms with Gasteiger partial charge in [0.1, 0.15) is 5.82 Å². The van der Waals surface area contributed by atoms with Gasteiger partial charge in [-0.05, 0) is 45.4 Å². The Morgan fingerprint density at radius 3 is 2.78 bits per heavy atom. The number of rotatable bonds is 4. The van der Waals surface area contributed by atoms with Crippen LogP contribution in [0.25, 0.3) is 0 Å². The molecule has 0 saturated carbocycles. The number of anilines is 1. The largest absolute Gasteiger partial charge is 0.366 e. The predicted octanol–water partition coefficient (Wildman–Crippen LogP) is 3.31. The summed E-state index contributed by atoms with van der Waals surface area (Å²) in [7, 11) is 0. The van der Waals surface area contributed by atoms with Gasteiger partial charge in [-0.2, -0.15) is 0 Å². The molecule has 0 aromatic heterocycles. The van der Waals surface area contributed by atoms with E-state index in [9.17, 15) is 4.39 Å². The van der Waals surface area contributed by atoms with Crippen LogP contribution in [0.4, 0.5) is 10.1 Å². The van der Waals surface area contributed by atoms with Crippen molar-refractivity contribution >= 4 is 5.69 Å².